The monoisotopic (exact) mass is 426 g/mol. The van der Waals surface area contributed by atoms with E-state index in [9.17, 15) is 23.9 Å². The number of amides is 1. The molecular formula is C21H20F2N6O2. The number of hydrogen-bond donors (Lipinski definition) is 2. The van der Waals surface area contributed by atoms with Gasteiger partial charge in [0.15, 0.2) is 0 Å². The normalized spacial score (nSPS) is 21.9. The number of benzene rings is 1. The Hall–Kier alpha value is -3.45. The van der Waals surface area contributed by atoms with Crippen LogP contribution in [0.1, 0.15) is 35.2 Å². The molecule has 2 N–H and O–H groups in total. The van der Waals surface area contributed by atoms with Crippen molar-refractivity contribution in [1.82, 2.24) is 14.9 Å². The van der Waals surface area contributed by atoms with E-state index in [4.69, 9.17) is 0 Å². The second-order valence-electron chi connectivity index (χ2n) is 7.67. The van der Waals surface area contributed by atoms with Crippen LogP contribution in [0, 0.1) is 17.1 Å². The molecule has 8 nitrogen and oxygen atoms in total. The lowest BCUT2D eigenvalue weighted by Gasteiger charge is -2.21. The molecule has 1 aliphatic carbocycles. The minimum Gasteiger partial charge on any atom is -0.391 e. The topological polar surface area (TPSA) is 114 Å². The summed E-state index contributed by atoms with van der Waals surface area (Å²) in [6.45, 7) is 0.193. The van der Waals surface area contributed by atoms with Crippen LogP contribution >= 0.6 is 0 Å². The Morgan fingerprint density at radius 2 is 2.19 bits per heavy atom. The number of carbonyl (C=O) groups is 1. The molecule has 10 heteroatoms. The fourth-order valence-corrected chi connectivity index (χ4v) is 3.90. The Morgan fingerprint density at radius 1 is 1.39 bits per heavy atom. The van der Waals surface area contributed by atoms with Gasteiger partial charge in [-0.05, 0) is 23.8 Å². The summed E-state index contributed by atoms with van der Waals surface area (Å²) in [7, 11) is 1.53. The number of anilines is 1. The fourth-order valence-electron chi connectivity index (χ4n) is 3.90. The third-order valence-corrected chi connectivity index (χ3v) is 5.49. The second-order valence-corrected chi connectivity index (χ2v) is 7.67. The van der Waals surface area contributed by atoms with Crippen LogP contribution in [0.3, 0.4) is 0 Å². The van der Waals surface area contributed by atoms with Gasteiger partial charge in [0.25, 0.3) is 5.91 Å². The molecule has 1 aromatic carbocycles. The maximum absolute atomic E-state index is 13.6. The van der Waals surface area contributed by atoms with Crippen LogP contribution in [-0.2, 0) is 17.9 Å². The van der Waals surface area contributed by atoms with E-state index in [1.54, 1.807) is 0 Å². The van der Waals surface area contributed by atoms with Crippen molar-refractivity contribution in [1.29, 1.82) is 5.26 Å². The Labute approximate surface area is 177 Å². The molecule has 1 saturated carbocycles. The number of nitrogens with zero attached hydrogens (tertiary/aromatic N) is 5. The number of halogens is 2. The van der Waals surface area contributed by atoms with Crippen LogP contribution in [0.2, 0.25) is 0 Å². The molecule has 1 aromatic heterocycles. The first-order valence-corrected chi connectivity index (χ1v) is 9.78. The number of aliphatic imine (C=N–C) groups is 1. The maximum Gasteiger partial charge on any atom is 0.272 e. The van der Waals surface area contributed by atoms with Crippen molar-refractivity contribution in [3.05, 3.63) is 52.7 Å². The number of fused-ring (bicyclic) bond motifs is 1. The van der Waals surface area contributed by atoms with Crippen LogP contribution in [0.25, 0.3) is 0 Å². The quantitative estimate of drug-likeness (QED) is 0.753. The highest BCUT2D eigenvalue weighted by atomic mass is 19.1. The third-order valence-electron chi connectivity index (χ3n) is 5.49. The number of rotatable bonds is 5. The van der Waals surface area contributed by atoms with E-state index in [1.165, 1.54) is 36.5 Å². The molecule has 0 saturated heterocycles. The van der Waals surface area contributed by atoms with Crippen LogP contribution < -0.4 is 5.32 Å². The van der Waals surface area contributed by atoms with Crippen molar-refractivity contribution in [3.8, 4) is 6.07 Å². The maximum atomic E-state index is 13.6. The molecule has 4 rings (SSSR count). The van der Waals surface area contributed by atoms with Gasteiger partial charge in [-0.3, -0.25) is 9.79 Å². The molecule has 3 atom stereocenters. The number of aliphatic hydroxyl groups excluding tert-OH is 1. The van der Waals surface area contributed by atoms with Gasteiger partial charge in [-0.1, -0.05) is 0 Å². The highest BCUT2D eigenvalue weighted by Crippen LogP contribution is 2.29. The first-order chi connectivity index (χ1) is 14.9. The first kappa shape index (κ1) is 20.8. The molecule has 2 heterocycles. The number of alkyl halides is 1. The summed E-state index contributed by atoms with van der Waals surface area (Å²) in [5, 5.41) is 22.3. The van der Waals surface area contributed by atoms with Gasteiger partial charge in [0, 0.05) is 26.4 Å². The summed E-state index contributed by atoms with van der Waals surface area (Å²) in [5.74, 6) is -0.635. The highest BCUT2D eigenvalue weighted by Gasteiger charge is 2.36. The molecule has 0 radical (unpaired) electrons. The van der Waals surface area contributed by atoms with Gasteiger partial charge in [0.1, 0.15) is 29.8 Å². The van der Waals surface area contributed by atoms with E-state index >= 15 is 0 Å². The Balaban J connectivity index is 1.57. The smallest absolute Gasteiger partial charge is 0.272 e. The van der Waals surface area contributed by atoms with Crippen molar-refractivity contribution in [2.24, 2.45) is 4.99 Å². The van der Waals surface area contributed by atoms with Gasteiger partial charge in [-0.25, -0.2) is 18.7 Å². The largest absolute Gasteiger partial charge is 0.391 e. The highest BCUT2D eigenvalue weighted by molar-refractivity contribution is 6.47. The van der Waals surface area contributed by atoms with Crippen LogP contribution in [-0.4, -0.2) is 57.0 Å². The zero-order valence-corrected chi connectivity index (χ0v) is 16.7. The van der Waals surface area contributed by atoms with Crippen LogP contribution in [0.4, 0.5) is 14.6 Å². The number of nitrogens with one attached hydrogen (secondary N) is 1. The SMILES string of the molecule is CN(Cc1cc(F)ccc1C#N)C(=O)C1=NCc2ncnc(N[C@@H]3C[C@@H](F)C[C@H]3O)c21. The van der Waals surface area contributed by atoms with E-state index < -0.39 is 30.0 Å². The van der Waals surface area contributed by atoms with Crippen molar-refractivity contribution in [2.75, 3.05) is 12.4 Å². The number of likely N-dealkylation sites (N-methyl/N-ethyl adjacent to an activating group) is 1. The summed E-state index contributed by atoms with van der Waals surface area (Å²) in [4.78, 5) is 27.1. The van der Waals surface area contributed by atoms with Gasteiger partial charge < -0.3 is 15.3 Å². The lowest BCUT2D eigenvalue weighted by Crippen LogP contribution is -2.35. The van der Waals surface area contributed by atoms with Gasteiger partial charge in [-0.15, -0.1) is 0 Å². The Bertz CT molecular complexity index is 1100. The molecule has 1 aliphatic heterocycles. The van der Waals surface area contributed by atoms with Crippen LogP contribution in [0.15, 0.2) is 29.5 Å². The number of hydrogen-bond acceptors (Lipinski definition) is 7. The molecule has 0 unspecified atom stereocenters. The molecule has 2 aliphatic rings. The van der Waals surface area contributed by atoms with Crippen molar-refractivity contribution < 1.29 is 18.7 Å². The van der Waals surface area contributed by atoms with Gasteiger partial charge in [-0.2, -0.15) is 5.26 Å². The Morgan fingerprint density at radius 3 is 2.90 bits per heavy atom. The summed E-state index contributed by atoms with van der Waals surface area (Å²) in [6, 6.07) is 5.23. The molecule has 31 heavy (non-hydrogen) atoms. The number of aliphatic hydroxyl groups is 1. The number of aromatic nitrogens is 2. The summed E-state index contributed by atoms with van der Waals surface area (Å²) >= 11 is 0. The standard InChI is InChI=1S/C21H20F2N6O2/c1-29(9-12-4-13(22)3-2-11(12)7-24)21(31)19-18-16(8-25-19)26-10-27-20(18)28-15-5-14(23)6-17(15)30/h2-4,10,14-15,17,30H,5-6,8-9H2,1H3,(H,26,27,28)/t14-,15-,17-/m1/s1. The van der Waals surface area contributed by atoms with E-state index in [2.05, 4.69) is 20.3 Å². The first-order valence-electron chi connectivity index (χ1n) is 9.78. The molecule has 1 amide bonds. The lowest BCUT2D eigenvalue weighted by molar-refractivity contribution is -0.123. The van der Waals surface area contributed by atoms with E-state index in [1.807, 2.05) is 6.07 Å². The molecular weight excluding hydrogens is 406 g/mol. The number of carbonyl (C=O) groups excluding carboxylic acids is 1. The van der Waals surface area contributed by atoms with E-state index in [0.29, 0.717) is 22.6 Å². The predicted molar refractivity (Wildman–Crippen MR) is 107 cm³/mol. The number of nitriles is 1. The molecule has 1 fully saturated rings. The summed E-state index contributed by atoms with van der Waals surface area (Å²) in [6.07, 6.45) is -0.463. The zero-order valence-electron chi connectivity index (χ0n) is 16.7. The molecule has 0 bridgehead atoms. The van der Waals surface area contributed by atoms with Crippen molar-refractivity contribution in [3.63, 3.8) is 0 Å². The summed E-state index contributed by atoms with van der Waals surface area (Å²) < 4.78 is 27.3. The molecule has 0 spiro atoms. The summed E-state index contributed by atoms with van der Waals surface area (Å²) in [5.41, 5.74) is 1.73. The Kier molecular flexibility index (Phi) is 5.61. The fraction of sp³-hybridized carbons (Fsp3) is 0.381. The average Bonchev–Trinajstić information content (AvgIpc) is 3.31. The van der Waals surface area contributed by atoms with Crippen molar-refractivity contribution >= 4 is 17.4 Å². The predicted octanol–water partition coefficient (Wildman–Crippen LogP) is 1.72. The lowest BCUT2D eigenvalue weighted by atomic mass is 10.1. The minimum absolute atomic E-state index is 0.00909. The molecule has 160 valence electrons. The second kappa shape index (κ2) is 8.35. The zero-order chi connectivity index (χ0) is 22.1. The average molecular weight is 426 g/mol. The van der Waals surface area contributed by atoms with Gasteiger partial charge >= 0.3 is 0 Å². The van der Waals surface area contributed by atoms with E-state index in [-0.39, 0.29) is 37.2 Å². The van der Waals surface area contributed by atoms with Crippen LogP contribution in [0.5, 0.6) is 0 Å². The van der Waals surface area contributed by atoms with Crippen molar-refractivity contribution in [2.45, 2.75) is 44.2 Å². The van der Waals surface area contributed by atoms with Gasteiger partial charge in [0.05, 0.1) is 41.6 Å². The molecule has 2 aromatic rings. The minimum atomic E-state index is -1.11. The van der Waals surface area contributed by atoms with Gasteiger partial charge in [0.2, 0.25) is 0 Å². The van der Waals surface area contributed by atoms with E-state index in [0.717, 1.165) is 0 Å². The third kappa shape index (κ3) is 4.09.